The predicted octanol–water partition coefficient (Wildman–Crippen LogP) is 1.02. The highest BCUT2D eigenvalue weighted by Gasteiger charge is 2.66. The average Bonchev–Trinajstić information content (AvgIpc) is 2.81. The number of rotatable bonds is 3. The van der Waals surface area contributed by atoms with E-state index in [2.05, 4.69) is 15.9 Å². The molecule has 6 atom stereocenters. The van der Waals surface area contributed by atoms with Crippen LogP contribution in [0.3, 0.4) is 0 Å². The molecular formula is C10H15BrO5S. The summed E-state index contributed by atoms with van der Waals surface area (Å²) in [4.78, 5) is 0. The first-order chi connectivity index (χ1) is 7.90. The standard InChI is InChI=1S/C10H15BrO5S/c1-4(2)10(11)15-7-5-3-6-8(14-5)9(7)16-17(6,12)13/h4-10H,3H2,1-2H3. The van der Waals surface area contributed by atoms with Crippen LogP contribution in [0.2, 0.25) is 0 Å². The maximum Gasteiger partial charge on any atom is 0.273 e. The smallest absolute Gasteiger partial charge is 0.273 e. The molecule has 0 aromatic heterocycles. The van der Waals surface area contributed by atoms with E-state index in [4.69, 9.17) is 13.7 Å². The molecule has 0 N–H and O–H groups in total. The zero-order valence-electron chi connectivity index (χ0n) is 9.58. The molecule has 17 heavy (non-hydrogen) atoms. The summed E-state index contributed by atoms with van der Waals surface area (Å²) in [5, 5.41) is -0.592. The van der Waals surface area contributed by atoms with Gasteiger partial charge in [0, 0.05) is 0 Å². The fraction of sp³-hybridized carbons (Fsp3) is 1.00. The summed E-state index contributed by atoms with van der Waals surface area (Å²) >= 11 is 3.44. The third-order valence-electron chi connectivity index (χ3n) is 3.60. The average molecular weight is 327 g/mol. The van der Waals surface area contributed by atoms with Gasteiger partial charge in [-0.1, -0.05) is 29.8 Å². The molecule has 2 bridgehead atoms. The molecule has 7 heteroatoms. The lowest BCUT2D eigenvalue weighted by atomic mass is 9.94. The topological polar surface area (TPSA) is 61.8 Å². The molecule has 3 rings (SSSR count). The second-order valence-electron chi connectivity index (χ2n) is 5.16. The molecule has 6 unspecified atom stereocenters. The van der Waals surface area contributed by atoms with E-state index < -0.39 is 21.5 Å². The highest BCUT2D eigenvalue weighted by molar-refractivity contribution is 9.09. The second kappa shape index (κ2) is 3.90. The zero-order chi connectivity index (χ0) is 12.4. The fourth-order valence-electron chi connectivity index (χ4n) is 2.70. The fourth-order valence-corrected chi connectivity index (χ4v) is 4.59. The maximum atomic E-state index is 11.7. The minimum absolute atomic E-state index is 0.110. The molecule has 3 aliphatic heterocycles. The van der Waals surface area contributed by atoms with Crippen molar-refractivity contribution in [3.05, 3.63) is 0 Å². The summed E-state index contributed by atoms with van der Waals surface area (Å²) in [6.07, 6.45) is -0.720. The van der Waals surface area contributed by atoms with Gasteiger partial charge in [-0.2, -0.15) is 8.42 Å². The molecule has 98 valence electrons. The molecule has 5 nitrogen and oxygen atoms in total. The lowest BCUT2D eigenvalue weighted by Crippen LogP contribution is -2.42. The Morgan fingerprint density at radius 1 is 1.35 bits per heavy atom. The zero-order valence-corrected chi connectivity index (χ0v) is 12.0. The lowest BCUT2D eigenvalue weighted by molar-refractivity contribution is -0.0483. The van der Waals surface area contributed by atoms with Gasteiger partial charge in [-0.15, -0.1) is 0 Å². The van der Waals surface area contributed by atoms with Crippen LogP contribution in [0.5, 0.6) is 0 Å². The summed E-state index contributed by atoms with van der Waals surface area (Å²) in [7, 11) is -3.44. The van der Waals surface area contributed by atoms with Gasteiger partial charge in [-0.25, -0.2) is 0 Å². The molecule has 3 aliphatic rings. The van der Waals surface area contributed by atoms with Crippen molar-refractivity contribution >= 4 is 26.0 Å². The first-order valence-electron chi connectivity index (χ1n) is 5.77. The third-order valence-corrected chi connectivity index (χ3v) is 6.57. The first kappa shape index (κ1) is 12.3. The van der Waals surface area contributed by atoms with Crippen LogP contribution in [0, 0.1) is 5.92 Å². The molecule has 0 saturated carbocycles. The molecule has 3 fully saturated rings. The minimum atomic E-state index is -3.44. The van der Waals surface area contributed by atoms with Crippen LogP contribution in [-0.4, -0.2) is 43.1 Å². The molecule has 0 spiro atoms. The van der Waals surface area contributed by atoms with Crippen molar-refractivity contribution in [1.82, 2.24) is 0 Å². The number of hydrogen-bond donors (Lipinski definition) is 0. The van der Waals surface area contributed by atoms with Crippen molar-refractivity contribution in [2.45, 2.75) is 54.9 Å². The molecule has 0 radical (unpaired) electrons. The number of fused-ring (bicyclic) bond motifs is 1. The summed E-state index contributed by atoms with van der Waals surface area (Å²) in [6.45, 7) is 4.06. The van der Waals surface area contributed by atoms with Crippen LogP contribution in [0.15, 0.2) is 0 Å². The predicted molar refractivity (Wildman–Crippen MR) is 63.3 cm³/mol. The SMILES string of the molecule is CC(C)C(Br)OC1C2CC3C(O2)C1OS3(=O)=O. The van der Waals surface area contributed by atoms with E-state index >= 15 is 0 Å². The highest BCUT2D eigenvalue weighted by Crippen LogP contribution is 2.48. The van der Waals surface area contributed by atoms with Gasteiger partial charge < -0.3 is 9.47 Å². The van der Waals surface area contributed by atoms with Crippen molar-refractivity contribution in [3.8, 4) is 0 Å². The van der Waals surface area contributed by atoms with Crippen LogP contribution >= 0.6 is 15.9 Å². The van der Waals surface area contributed by atoms with Crippen LogP contribution in [0.1, 0.15) is 20.3 Å². The quantitative estimate of drug-likeness (QED) is 0.572. The highest BCUT2D eigenvalue weighted by atomic mass is 79.9. The summed E-state index contributed by atoms with van der Waals surface area (Å²) < 4.78 is 39.9. The summed E-state index contributed by atoms with van der Waals surface area (Å²) in [5.74, 6) is 0.308. The van der Waals surface area contributed by atoms with Gasteiger partial charge in [-0.3, -0.25) is 4.18 Å². The van der Waals surface area contributed by atoms with Crippen molar-refractivity contribution in [3.63, 3.8) is 0 Å². The van der Waals surface area contributed by atoms with Gasteiger partial charge in [0.05, 0.1) is 6.10 Å². The monoisotopic (exact) mass is 326 g/mol. The van der Waals surface area contributed by atoms with Gasteiger partial charge in [0.25, 0.3) is 10.1 Å². The minimum Gasteiger partial charge on any atom is -0.368 e. The Morgan fingerprint density at radius 2 is 2.06 bits per heavy atom. The van der Waals surface area contributed by atoms with Gasteiger partial charge in [0.15, 0.2) is 0 Å². The van der Waals surface area contributed by atoms with Crippen LogP contribution in [-0.2, 0) is 23.8 Å². The molecule has 0 aromatic rings. The largest absolute Gasteiger partial charge is 0.368 e. The van der Waals surface area contributed by atoms with Crippen LogP contribution < -0.4 is 0 Å². The first-order valence-corrected chi connectivity index (χ1v) is 8.16. The maximum absolute atomic E-state index is 11.7. The second-order valence-corrected chi connectivity index (χ2v) is 7.85. The Balaban J connectivity index is 1.78. The van der Waals surface area contributed by atoms with Gasteiger partial charge in [-0.05, 0) is 12.3 Å². The van der Waals surface area contributed by atoms with Crippen LogP contribution in [0.25, 0.3) is 0 Å². The Labute approximate surface area is 109 Å². The molecule has 3 saturated heterocycles. The molecule has 0 aliphatic carbocycles. The summed E-state index contributed by atoms with van der Waals surface area (Å²) in [5.41, 5.74) is 0. The Hall–Kier alpha value is 0.310. The van der Waals surface area contributed by atoms with Crippen molar-refractivity contribution < 1.29 is 22.1 Å². The van der Waals surface area contributed by atoms with E-state index in [9.17, 15) is 8.42 Å². The molecule has 0 amide bonds. The van der Waals surface area contributed by atoms with Gasteiger partial charge in [0.2, 0.25) is 0 Å². The van der Waals surface area contributed by atoms with Crippen molar-refractivity contribution in [1.29, 1.82) is 0 Å². The van der Waals surface area contributed by atoms with Gasteiger partial charge in [0.1, 0.15) is 28.6 Å². The van der Waals surface area contributed by atoms with Crippen molar-refractivity contribution in [2.24, 2.45) is 5.92 Å². The van der Waals surface area contributed by atoms with E-state index in [1.54, 1.807) is 0 Å². The molecular weight excluding hydrogens is 312 g/mol. The van der Waals surface area contributed by atoms with E-state index in [0.29, 0.717) is 12.3 Å². The lowest BCUT2D eigenvalue weighted by Gasteiger charge is -2.26. The Morgan fingerprint density at radius 3 is 2.71 bits per heavy atom. The number of ether oxygens (including phenoxy) is 2. The number of halogens is 1. The normalized spacial score (nSPS) is 47.9. The Kier molecular flexibility index (Phi) is 2.83. The Bertz CT molecular complexity index is 422. The van der Waals surface area contributed by atoms with E-state index in [-0.39, 0.29) is 23.3 Å². The number of hydrogen-bond acceptors (Lipinski definition) is 5. The van der Waals surface area contributed by atoms with E-state index in [1.165, 1.54) is 0 Å². The van der Waals surface area contributed by atoms with Crippen LogP contribution in [0.4, 0.5) is 0 Å². The number of alkyl halides is 1. The van der Waals surface area contributed by atoms with Gasteiger partial charge >= 0.3 is 0 Å². The summed E-state index contributed by atoms with van der Waals surface area (Å²) in [6, 6.07) is 0. The van der Waals surface area contributed by atoms with Crippen molar-refractivity contribution in [2.75, 3.05) is 0 Å². The van der Waals surface area contributed by atoms with E-state index in [0.717, 1.165) is 0 Å². The molecule has 3 heterocycles. The van der Waals surface area contributed by atoms with E-state index in [1.807, 2.05) is 13.8 Å². The third kappa shape index (κ3) is 1.78. The molecule has 0 aromatic carbocycles.